The Balaban J connectivity index is 1.99. The van der Waals surface area contributed by atoms with Crippen LogP contribution in [0.15, 0.2) is 30.3 Å². The molecule has 1 aromatic carbocycles. The van der Waals surface area contributed by atoms with E-state index >= 15 is 0 Å². The highest BCUT2D eigenvalue weighted by atomic mass is 16.2. The molecule has 2 rings (SSSR count). The molecule has 2 N–H and O–H groups in total. The van der Waals surface area contributed by atoms with Gasteiger partial charge in [0, 0.05) is 12.6 Å². The van der Waals surface area contributed by atoms with E-state index in [0.717, 1.165) is 38.6 Å². The van der Waals surface area contributed by atoms with Crippen molar-refractivity contribution >= 4 is 5.91 Å². The van der Waals surface area contributed by atoms with E-state index in [9.17, 15) is 4.79 Å². The summed E-state index contributed by atoms with van der Waals surface area (Å²) in [6, 6.07) is 10.4. The van der Waals surface area contributed by atoms with Gasteiger partial charge >= 0.3 is 0 Å². The van der Waals surface area contributed by atoms with Crippen LogP contribution in [0.1, 0.15) is 38.2 Å². The summed E-state index contributed by atoms with van der Waals surface area (Å²) in [7, 11) is 0. The highest BCUT2D eigenvalue weighted by Crippen LogP contribution is 2.22. The van der Waals surface area contributed by atoms with E-state index in [1.807, 2.05) is 11.0 Å². The van der Waals surface area contributed by atoms with Crippen LogP contribution in [0.25, 0.3) is 0 Å². The van der Waals surface area contributed by atoms with Crippen molar-refractivity contribution in [2.24, 2.45) is 5.73 Å². The minimum Gasteiger partial charge on any atom is -0.338 e. The summed E-state index contributed by atoms with van der Waals surface area (Å²) in [6.07, 6.45) is 4.89. The quantitative estimate of drug-likeness (QED) is 0.883. The fourth-order valence-corrected chi connectivity index (χ4v) is 2.87. The van der Waals surface area contributed by atoms with Crippen LogP contribution in [0.2, 0.25) is 0 Å². The Morgan fingerprint density at radius 3 is 2.84 bits per heavy atom. The van der Waals surface area contributed by atoms with Crippen LogP contribution < -0.4 is 5.73 Å². The molecular formula is C16H24N2O. The molecular weight excluding hydrogens is 236 g/mol. The van der Waals surface area contributed by atoms with Crippen LogP contribution in [-0.2, 0) is 11.2 Å². The van der Waals surface area contributed by atoms with E-state index < -0.39 is 0 Å². The van der Waals surface area contributed by atoms with Gasteiger partial charge in [0.2, 0.25) is 5.91 Å². The molecule has 0 aliphatic carbocycles. The summed E-state index contributed by atoms with van der Waals surface area (Å²) in [5.41, 5.74) is 7.27. The van der Waals surface area contributed by atoms with Crippen molar-refractivity contribution in [3.8, 4) is 0 Å². The molecule has 0 saturated carbocycles. The van der Waals surface area contributed by atoms with Gasteiger partial charge in [0.15, 0.2) is 0 Å². The molecule has 3 nitrogen and oxygen atoms in total. The molecule has 0 bridgehead atoms. The summed E-state index contributed by atoms with van der Waals surface area (Å²) >= 11 is 0. The number of rotatable bonds is 5. The number of hydrogen-bond donors (Lipinski definition) is 1. The third-order valence-electron chi connectivity index (χ3n) is 3.89. The number of likely N-dealkylation sites (tertiary alicyclic amines) is 1. The summed E-state index contributed by atoms with van der Waals surface area (Å²) < 4.78 is 0. The average molecular weight is 260 g/mol. The molecule has 3 heteroatoms. The molecule has 2 atom stereocenters. The van der Waals surface area contributed by atoms with E-state index in [1.165, 1.54) is 5.56 Å². The molecule has 1 heterocycles. The average Bonchev–Trinajstić information content (AvgIpc) is 2.87. The number of nitrogens with two attached hydrogens (primary N) is 1. The van der Waals surface area contributed by atoms with E-state index in [0.29, 0.717) is 6.04 Å². The predicted octanol–water partition coefficient (Wildman–Crippen LogP) is 2.35. The van der Waals surface area contributed by atoms with Gasteiger partial charge in [0.05, 0.1) is 6.04 Å². The molecule has 19 heavy (non-hydrogen) atoms. The first-order valence-electron chi connectivity index (χ1n) is 7.32. The maximum atomic E-state index is 12.3. The lowest BCUT2D eigenvalue weighted by molar-refractivity contribution is -0.133. The highest BCUT2D eigenvalue weighted by molar-refractivity contribution is 5.82. The van der Waals surface area contributed by atoms with Gasteiger partial charge in [0.1, 0.15) is 0 Å². The van der Waals surface area contributed by atoms with E-state index in [-0.39, 0.29) is 11.9 Å². The zero-order valence-electron chi connectivity index (χ0n) is 11.7. The second kappa shape index (κ2) is 6.71. The summed E-state index contributed by atoms with van der Waals surface area (Å²) in [4.78, 5) is 14.3. The number of carbonyl (C=O) groups is 1. The molecule has 0 spiro atoms. The van der Waals surface area contributed by atoms with Crippen molar-refractivity contribution in [2.75, 3.05) is 6.54 Å². The van der Waals surface area contributed by atoms with Crippen LogP contribution in [0, 0.1) is 0 Å². The molecule has 104 valence electrons. The third-order valence-corrected chi connectivity index (χ3v) is 3.89. The lowest BCUT2D eigenvalue weighted by Crippen LogP contribution is -2.46. The van der Waals surface area contributed by atoms with Crippen LogP contribution in [-0.4, -0.2) is 29.4 Å². The van der Waals surface area contributed by atoms with Gasteiger partial charge in [-0.3, -0.25) is 4.79 Å². The molecule has 0 radical (unpaired) electrons. The Morgan fingerprint density at radius 1 is 1.42 bits per heavy atom. The fraction of sp³-hybridized carbons (Fsp3) is 0.562. The Hall–Kier alpha value is -1.35. The summed E-state index contributed by atoms with van der Waals surface area (Å²) in [6.45, 7) is 2.94. The van der Waals surface area contributed by atoms with Crippen LogP contribution in [0.3, 0.4) is 0 Å². The van der Waals surface area contributed by atoms with Crippen molar-refractivity contribution in [2.45, 2.75) is 51.1 Å². The zero-order valence-corrected chi connectivity index (χ0v) is 11.7. The first kappa shape index (κ1) is 14.1. The lowest BCUT2D eigenvalue weighted by atomic mass is 10.0. The Labute approximate surface area is 115 Å². The maximum Gasteiger partial charge on any atom is 0.239 e. The summed E-state index contributed by atoms with van der Waals surface area (Å²) in [5.74, 6) is 0.139. The Morgan fingerprint density at radius 2 is 2.16 bits per heavy atom. The van der Waals surface area contributed by atoms with Gasteiger partial charge in [-0.25, -0.2) is 0 Å². The molecule has 1 aromatic rings. The predicted molar refractivity (Wildman–Crippen MR) is 77.8 cm³/mol. The first-order chi connectivity index (χ1) is 9.22. The van der Waals surface area contributed by atoms with Crippen LogP contribution >= 0.6 is 0 Å². The monoisotopic (exact) mass is 260 g/mol. The lowest BCUT2D eigenvalue weighted by Gasteiger charge is -2.27. The minimum absolute atomic E-state index is 0.139. The largest absolute Gasteiger partial charge is 0.338 e. The van der Waals surface area contributed by atoms with Gasteiger partial charge in [-0.15, -0.1) is 0 Å². The molecule has 0 aromatic heterocycles. The second-order valence-corrected chi connectivity index (χ2v) is 5.41. The third kappa shape index (κ3) is 3.57. The van der Waals surface area contributed by atoms with Gasteiger partial charge < -0.3 is 10.6 Å². The van der Waals surface area contributed by atoms with E-state index in [4.69, 9.17) is 5.73 Å². The number of benzene rings is 1. The fourth-order valence-electron chi connectivity index (χ4n) is 2.87. The number of carbonyl (C=O) groups excluding carboxylic acids is 1. The standard InChI is InChI=1S/C16H24N2O/c1-2-7-15(17)16(19)18-11-6-10-14(18)12-13-8-4-3-5-9-13/h3-5,8-9,14-15H,2,6-7,10-12,17H2,1H3. The molecule has 2 unspecified atom stereocenters. The zero-order chi connectivity index (χ0) is 13.7. The molecule has 1 aliphatic heterocycles. The van der Waals surface area contributed by atoms with Gasteiger partial charge in [-0.2, -0.15) is 0 Å². The van der Waals surface area contributed by atoms with Crippen molar-refractivity contribution in [1.29, 1.82) is 0 Å². The van der Waals surface area contributed by atoms with Crippen molar-refractivity contribution < 1.29 is 4.79 Å². The topological polar surface area (TPSA) is 46.3 Å². The second-order valence-electron chi connectivity index (χ2n) is 5.41. The smallest absolute Gasteiger partial charge is 0.239 e. The minimum atomic E-state index is -0.318. The first-order valence-corrected chi connectivity index (χ1v) is 7.32. The molecule has 1 fully saturated rings. The van der Waals surface area contributed by atoms with Crippen LogP contribution in [0.5, 0.6) is 0 Å². The van der Waals surface area contributed by atoms with E-state index in [1.54, 1.807) is 0 Å². The maximum absolute atomic E-state index is 12.3. The molecule has 1 aliphatic rings. The van der Waals surface area contributed by atoms with Crippen LogP contribution in [0.4, 0.5) is 0 Å². The molecule has 1 amide bonds. The Bertz CT molecular complexity index is 404. The van der Waals surface area contributed by atoms with E-state index in [2.05, 4.69) is 31.2 Å². The van der Waals surface area contributed by atoms with Gasteiger partial charge in [0.25, 0.3) is 0 Å². The van der Waals surface area contributed by atoms with Gasteiger partial charge in [-0.05, 0) is 31.2 Å². The summed E-state index contributed by atoms with van der Waals surface area (Å²) in [5, 5.41) is 0. The molecule has 1 saturated heterocycles. The SMILES string of the molecule is CCCC(N)C(=O)N1CCCC1Cc1ccccc1. The number of nitrogens with zero attached hydrogens (tertiary/aromatic N) is 1. The van der Waals surface area contributed by atoms with Crippen molar-refractivity contribution in [1.82, 2.24) is 4.90 Å². The number of hydrogen-bond acceptors (Lipinski definition) is 2. The number of amides is 1. The normalized spacial score (nSPS) is 20.5. The van der Waals surface area contributed by atoms with Crippen molar-refractivity contribution in [3.63, 3.8) is 0 Å². The highest BCUT2D eigenvalue weighted by Gasteiger charge is 2.31. The van der Waals surface area contributed by atoms with Crippen molar-refractivity contribution in [3.05, 3.63) is 35.9 Å². The Kier molecular flexibility index (Phi) is 4.97. The van der Waals surface area contributed by atoms with Gasteiger partial charge in [-0.1, -0.05) is 43.7 Å².